The Balaban J connectivity index is 2.85. The first-order valence-electron chi connectivity index (χ1n) is 4.02. The van der Waals surface area contributed by atoms with Crippen LogP contribution in [0.4, 0.5) is 5.88 Å². The second kappa shape index (κ2) is 3.57. The summed E-state index contributed by atoms with van der Waals surface area (Å²) in [6.07, 6.45) is 0. The first kappa shape index (κ1) is 9.73. The molecule has 0 amide bonds. The molecule has 0 unspecified atom stereocenters. The van der Waals surface area contributed by atoms with Crippen molar-refractivity contribution >= 4 is 5.88 Å². The number of rotatable bonds is 3. The Morgan fingerprint density at radius 2 is 2.15 bits per heavy atom. The lowest BCUT2D eigenvalue weighted by atomic mass is 10.0. The van der Waals surface area contributed by atoms with Crippen LogP contribution in [0.25, 0.3) is 0 Å². The van der Waals surface area contributed by atoms with Crippen LogP contribution in [0.15, 0.2) is 16.5 Å². The van der Waals surface area contributed by atoms with Crippen LogP contribution < -0.4 is 5.73 Å². The van der Waals surface area contributed by atoms with E-state index in [0.29, 0.717) is 5.76 Å². The predicted molar refractivity (Wildman–Crippen MR) is 47.1 cm³/mol. The van der Waals surface area contributed by atoms with Crippen LogP contribution >= 0.6 is 0 Å². The molecule has 0 spiro atoms. The Morgan fingerprint density at radius 1 is 1.54 bits per heavy atom. The fourth-order valence-electron chi connectivity index (χ4n) is 0.948. The molecule has 5 heteroatoms. The Bertz CT molecular complexity index is 306. The summed E-state index contributed by atoms with van der Waals surface area (Å²) in [5.41, 5.74) is 5.73. The Kier molecular flexibility index (Phi) is 2.67. The Hall–Kier alpha value is -1.36. The van der Waals surface area contributed by atoms with E-state index in [2.05, 4.69) is 0 Å². The zero-order chi connectivity index (χ0) is 10.0. The predicted octanol–water partition coefficient (Wildman–Crippen LogP) is 1.84. The van der Waals surface area contributed by atoms with Crippen LogP contribution in [-0.2, 0) is 0 Å². The minimum atomic E-state index is -0.573. The fourth-order valence-corrected chi connectivity index (χ4v) is 0.948. The maximum atomic E-state index is 10.3. The normalized spacial score (nSPS) is 13.2. The summed E-state index contributed by atoms with van der Waals surface area (Å²) in [5, 5.41) is 10.3. The molecule has 1 aromatic heterocycles. The van der Waals surface area contributed by atoms with E-state index in [1.165, 1.54) is 6.07 Å². The van der Waals surface area contributed by atoms with Crippen molar-refractivity contribution in [2.75, 3.05) is 0 Å². The highest BCUT2D eigenvalue weighted by molar-refractivity contribution is 5.19. The third kappa shape index (κ3) is 2.06. The van der Waals surface area contributed by atoms with E-state index in [0.717, 1.165) is 0 Å². The minimum absolute atomic E-state index is 0.200. The van der Waals surface area contributed by atoms with Crippen LogP contribution in [0.1, 0.15) is 25.6 Å². The van der Waals surface area contributed by atoms with Gasteiger partial charge < -0.3 is 10.2 Å². The first-order chi connectivity index (χ1) is 6.02. The number of hydrogen-bond acceptors (Lipinski definition) is 4. The van der Waals surface area contributed by atoms with Crippen LogP contribution in [-0.4, -0.2) is 4.92 Å². The summed E-state index contributed by atoms with van der Waals surface area (Å²) in [7, 11) is 0. The molecular weight excluding hydrogens is 172 g/mol. The van der Waals surface area contributed by atoms with Crippen LogP contribution in [0.2, 0.25) is 0 Å². The molecule has 0 aromatic carbocycles. The quantitative estimate of drug-likeness (QED) is 0.574. The van der Waals surface area contributed by atoms with Gasteiger partial charge in [0.05, 0.1) is 12.1 Å². The second-order valence-electron chi connectivity index (χ2n) is 3.20. The van der Waals surface area contributed by atoms with Gasteiger partial charge in [-0.3, -0.25) is 10.1 Å². The van der Waals surface area contributed by atoms with E-state index in [1.807, 2.05) is 13.8 Å². The van der Waals surface area contributed by atoms with E-state index in [-0.39, 0.29) is 17.8 Å². The van der Waals surface area contributed by atoms with Crippen molar-refractivity contribution in [1.82, 2.24) is 0 Å². The van der Waals surface area contributed by atoms with Crippen molar-refractivity contribution in [1.29, 1.82) is 0 Å². The van der Waals surface area contributed by atoms with Gasteiger partial charge in [-0.05, 0) is 12.0 Å². The van der Waals surface area contributed by atoms with E-state index in [1.54, 1.807) is 6.07 Å². The summed E-state index contributed by atoms with van der Waals surface area (Å²) in [6.45, 7) is 3.86. The highest BCUT2D eigenvalue weighted by atomic mass is 16.6. The molecule has 5 nitrogen and oxygen atoms in total. The Labute approximate surface area is 75.7 Å². The Morgan fingerprint density at radius 3 is 2.54 bits per heavy atom. The topological polar surface area (TPSA) is 82.3 Å². The second-order valence-corrected chi connectivity index (χ2v) is 3.20. The van der Waals surface area contributed by atoms with Gasteiger partial charge in [0, 0.05) is 0 Å². The number of nitrogens with zero attached hydrogens (tertiary/aromatic N) is 1. The smallest absolute Gasteiger partial charge is 0.404 e. The van der Waals surface area contributed by atoms with Crippen molar-refractivity contribution in [3.8, 4) is 0 Å². The molecule has 0 fully saturated rings. The molecule has 0 aliphatic heterocycles. The molecule has 1 atom stereocenters. The SMILES string of the molecule is CC(C)[C@@H](N)c1ccc([N+](=O)[O-])o1. The van der Waals surface area contributed by atoms with Gasteiger partial charge in [-0.2, -0.15) is 0 Å². The van der Waals surface area contributed by atoms with Crippen molar-refractivity contribution < 1.29 is 9.34 Å². The van der Waals surface area contributed by atoms with Crippen LogP contribution in [0, 0.1) is 16.0 Å². The van der Waals surface area contributed by atoms with Crippen LogP contribution in [0.3, 0.4) is 0 Å². The van der Waals surface area contributed by atoms with Crippen molar-refractivity contribution in [3.63, 3.8) is 0 Å². The van der Waals surface area contributed by atoms with Gasteiger partial charge in [0.1, 0.15) is 10.7 Å². The zero-order valence-electron chi connectivity index (χ0n) is 7.56. The van der Waals surface area contributed by atoms with Gasteiger partial charge in [-0.25, -0.2) is 0 Å². The summed E-state index contributed by atoms with van der Waals surface area (Å²) in [6, 6.07) is 2.58. The van der Waals surface area contributed by atoms with Gasteiger partial charge in [0.15, 0.2) is 0 Å². The monoisotopic (exact) mass is 184 g/mol. The molecule has 0 saturated carbocycles. The molecule has 13 heavy (non-hydrogen) atoms. The first-order valence-corrected chi connectivity index (χ1v) is 4.02. The van der Waals surface area contributed by atoms with E-state index >= 15 is 0 Å². The number of nitro groups is 1. The molecule has 0 aliphatic carbocycles. The molecule has 0 saturated heterocycles. The summed E-state index contributed by atoms with van der Waals surface area (Å²) in [5.74, 6) is 0.401. The lowest BCUT2D eigenvalue weighted by Crippen LogP contribution is -2.15. The molecule has 1 aromatic rings. The lowest BCUT2D eigenvalue weighted by Gasteiger charge is -2.11. The molecule has 0 bridgehead atoms. The van der Waals surface area contributed by atoms with Gasteiger partial charge in [-0.15, -0.1) is 0 Å². The van der Waals surface area contributed by atoms with E-state index in [4.69, 9.17) is 10.2 Å². The number of furan rings is 1. The summed E-state index contributed by atoms with van der Waals surface area (Å²) in [4.78, 5) is 9.70. The van der Waals surface area contributed by atoms with Gasteiger partial charge in [0.25, 0.3) is 0 Å². The highest BCUT2D eigenvalue weighted by Crippen LogP contribution is 2.24. The maximum absolute atomic E-state index is 10.3. The largest absolute Gasteiger partial charge is 0.433 e. The summed E-state index contributed by atoms with van der Waals surface area (Å²) >= 11 is 0. The maximum Gasteiger partial charge on any atom is 0.433 e. The summed E-state index contributed by atoms with van der Waals surface area (Å²) < 4.78 is 4.94. The lowest BCUT2D eigenvalue weighted by molar-refractivity contribution is -0.402. The van der Waals surface area contributed by atoms with E-state index in [9.17, 15) is 10.1 Å². The molecule has 0 aliphatic rings. The van der Waals surface area contributed by atoms with Gasteiger partial charge in [0.2, 0.25) is 0 Å². The van der Waals surface area contributed by atoms with Crippen LogP contribution in [0.5, 0.6) is 0 Å². The third-order valence-electron chi connectivity index (χ3n) is 1.84. The average Bonchev–Trinajstić information content (AvgIpc) is 2.50. The van der Waals surface area contributed by atoms with Gasteiger partial charge in [-0.1, -0.05) is 13.8 Å². The molecule has 72 valence electrons. The minimum Gasteiger partial charge on any atom is -0.404 e. The molecule has 0 radical (unpaired) electrons. The molecule has 1 heterocycles. The van der Waals surface area contributed by atoms with Gasteiger partial charge >= 0.3 is 5.88 Å². The van der Waals surface area contributed by atoms with Crippen molar-refractivity contribution in [2.45, 2.75) is 19.9 Å². The third-order valence-corrected chi connectivity index (χ3v) is 1.84. The fraction of sp³-hybridized carbons (Fsp3) is 0.500. The van der Waals surface area contributed by atoms with Crippen molar-refractivity contribution in [2.24, 2.45) is 11.7 Å². The molecule has 2 N–H and O–H groups in total. The van der Waals surface area contributed by atoms with Crippen molar-refractivity contribution in [3.05, 3.63) is 28.0 Å². The zero-order valence-corrected chi connectivity index (χ0v) is 7.56. The number of hydrogen-bond donors (Lipinski definition) is 1. The molecular formula is C8H12N2O3. The average molecular weight is 184 g/mol. The number of nitrogens with two attached hydrogens (primary N) is 1. The molecule has 1 rings (SSSR count). The highest BCUT2D eigenvalue weighted by Gasteiger charge is 2.18. The van der Waals surface area contributed by atoms with E-state index < -0.39 is 4.92 Å². The standard InChI is InChI=1S/C8H12N2O3/c1-5(2)8(9)6-3-4-7(13-6)10(11)12/h3-5,8H,9H2,1-2H3/t8-/m1/s1.